The van der Waals surface area contributed by atoms with E-state index in [-0.39, 0.29) is 0 Å². The molecule has 1 rings (SSSR count). The van der Waals surface area contributed by atoms with Crippen LogP contribution >= 0.6 is 0 Å². The highest BCUT2D eigenvalue weighted by atomic mass is 16.5. The minimum absolute atomic E-state index is 0.469. The van der Waals surface area contributed by atoms with Gasteiger partial charge in [0.15, 0.2) is 0 Å². The Labute approximate surface area is 79.2 Å². The Balaban J connectivity index is 3.10. The van der Waals surface area contributed by atoms with Crippen LogP contribution in [0.15, 0.2) is 11.6 Å². The Morgan fingerprint density at radius 3 is 2.38 bits per heavy atom. The van der Waals surface area contributed by atoms with Crippen molar-refractivity contribution in [1.29, 1.82) is 5.26 Å². The van der Waals surface area contributed by atoms with E-state index in [9.17, 15) is 5.21 Å². The second kappa shape index (κ2) is 2.83. The van der Waals surface area contributed by atoms with Gasteiger partial charge in [0.05, 0.1) is 11.6 Å². The predicted molar refractivity (Wildman–Crippen MR) is 49.0 cm³/mol. The SMILES string of the molecule is CC1(C)C=C(C#N)CC(C)(C)N1[O]. The molecule has 0 aromatic rings. The molecule has 0 aliphatic carbocycles. The first-order chi connectivity index (χ1) is 5.79. The molecule has 0 spiro atoms. The Morgan fingerprint density at radius 1 is 1.46 bits per heavy atom. The Bertz CT molecular complexity index is 284. The van der Waals surface area contributed by atoms with Gasteiger partial charge in [0.2, 0.25) is 0 Å². The number of nitriles is 1. The maximum Gasteiger partial charge on any atom is 0.0945 e. The summed E-state index contributed by atoms with van der Waals surface area (Å²) in [5.74, 6) is 0. The lowest BCUT2D eigenvalue weighted by atomic mass is 9.83. The van der Waals surface area contributed by atoms with Crippen LogP contribution in [-0.4, -0.2) is 16.1 Å². The molecule has 1 heterocycles. The number of nitrogens with zero attached hydrogens (tertiary/aromatic N) is 2. The van der Waals surface area contributed by atoms with Gasteiger partial charge in [-0.1, -0.05) is 0 Å². The van der Waals surface area contributed by atoms with Gasteiger partial charge in [-0.2, -0.15) is 5.26 Å². The first-order valence-corrected chi connectivity index (χ1v) is 4.39. The number of hydrogen-bond acceptors (Lipinski definition) is 2. The summed E-state index contributed by atoms with van der Waals surface area (Å²) in [5.41, 5.74) is -0.321. The molecule has 1 aliphatic heterocycles. The van der Waals surface area contributed by atoms with Crippen molar-refractivity contribution in [3.8, 4) is 6.07 Å². The van der Waals surface area contributed by atoms with Gasteiger partial charge in [-0.25, -0.2) is 0 Å². The topological polar surface area (TPSA) is 46.9 Å². The standard InChI is InChI=1S/C10H15N2O/c1-9(2)5-8(7-11)6-10(3,4)12(9)13/h5H,6H2,1-4H3. The number of hydroxylamine groups is 2. The molecule has 71 valence electrons. The molecular formula is C10H15N2O. The Kier molecular flexibility index (Phi) is 2.23. The van der Waals surface area contributed by atoms with Gasteiger partial charge < -0.3 is 0 Å². The highest BCUT2D eigenvalue weighted by Crippen LogP contribution is 2.35. The maximum absolute atomic E-state index is 11.8. The van der Waals surface area contributed by atoms with Crippen LogP contribution in [0.25, 0.3) is 0 Å². The molecule has 0 aromatic heterocycles. The van der Waals surface area contributed by atoms with Gasteiger partial charge in [-0.15, -0.1) is 10.3 Å². The summed E-state index contributed by atoms with van der Waals surface area (Å²) in [4.78, 5) is 0. The van der Waals surface area contributed by atoms with Gasteiger partial charge in [0.25, 0.3) is 0 Å². The molecule has 0 saturated carbocycles. The normalized spacial score (nSPS) is 26.3. The Hall–Kier alpha value is -0.850. The van der Waals surface area contributed by atoms with Crippen LogP contribution in [-0.2, 0) is 5.21 Å². The summed E-state index contributed by atoms with van der Waals surface area (Å²) in [6.07, 6.45) is 2.29. The smallest absolute Gasteiger partial charge is 0.0945 e. The minimum atomic E-state index is -0.563. The second-order valence-corrected chi connectivity index (χ2v) is 4.72. The first-order valence-electron chi connectivity index (χ1n) is 4.39. The van der Waals surface area contributed by atoms with Crippen molar-refractivity contribution in [2.45, 2.75) is 45.2 Å². The zero-order valence-corrected chi connectivity index (χ0v) is 8.59. The summed E-state index contributed by atoms with van der Waals surface area (Å²) in [6, 6.07) is 2.13. The maximum atomic E-state index is 11.8. The third-order valence-electron chi connectivity index (χ3n) is 2.37. The third-order valence-corrected chi connectivity index (χ3v) is 2.37. The third kappa shape index (κ3) is 1.74. The van der Waals surface area contributed by atoms with E-state index in [0.717, 1.165) is 5.06 Å². The monoisotopic (exact) mass is 179 g/mol. The zero-order chi connectivity index (χ0) is 10.3. The predicted octanol–water partition coefficient (Wildman–Crippen LogP) is 2.04. The summed E-state index contributed by atoms with van der Waals surface area (Å²) in [7, 11) is 0. The molecule has 0 atom stereocenters. The lowest BCUT2D eigenvalue weighted by molar-refractivity contribution is -0.262. The quantitative estimate of drug-likeness (QED) is 0.571. The van der Waals surface area contributed by atoms with E-state index >= 15 is 0 Å². The van der Waals surface area contributed by atoms with Crippen LogP contribution in [0.4, 0.5) is 0 Å². The van der Waals surface area contributed by atoms with Crippen molar-refractivity contribution in [3.63, 3.8) is 0 Å². The number of hydrogen-bond donors (Lipinski definition) is 0. The summed E-state index contributed by atoms with van der Waals surface area (Å²) < 4.78 is 0. The highest BCUT2D eigenvalue weighted by Gasteiger charge is 2.41. The summed E-state index contributed by atoms with van der Waals surface area (Å²) >= 11 is 0. The van der Waals surface area contributed by atoms with Crippen molar-refractivity contribution >= 4 is 0 Å². The average Bonchev–Trinajstić information content (AvgIpc) is 1.99. The van der Waals surface area contributed by atoms with Gasteiger partial charge in [0, 0.05) is 17.5 Å². The van der Waals surface area contributed by atoms with E-state index < -0.39 is 11.1 Å². The molecule has 0 aromatic carbocycles. The van der Waals surface area contributed by atoms with Crippen LogP contribution in [0.3, 0.4) is 0 Å². The molecule has 0 unspecified atom stereocenters. The van der Waals surface area contributed by atoms with Gasteiger partial charge in [-0.3, -0.25) is 0 Å². The van der Waals surface area contributed by atoms with E-state index in [4.69, 9.17) is 5.26 Å². The first kappa shape index (κ1) is 10.2. The van der Waals surface area contributed by atoms with Gasteiger partial charge in [0.1, 0.15) is 0 Å². The van der Waals surface area contributed by atoms with Crippen molar-refractivity contribution in [2.75, 3.05) is 0 Å². The summed E-state index contributed by atoms with van der Waals surface area (Å²) in [5, 5.41) is 21.7. The van der Waals surface area contributed by atoms with Crippen molar-refractivity contribution in [1.82, 2.24) is 5.06 Å². The Morgan fingerprint density at radius 2 is 2.00 bits per heavy atom. The molecule has 13 heavy (non-hydrogen) atoms. The van der Waals surface area contributed by atoms with Crippen molar-refractivity contribution < 1.29 is 5.21 Å². The second-order valence-electron chi connectivity index (χ2n) is 4.72. The fourth-order valence-corrected chi connectivity index (χ4v) is 1.93. The van der Waals surface area contributed by atoms with E-state index in [2.05, 4.69) is 6.07 Å². The van der Waals surface area contributed by atoms with E-state index in [1.165, 1.54) is 0 Å². The van der Waals surface area contributed by atoms with E-state index in [0.29, 0.717) is 12.0 Å². The van der Waals surface area contributed by atoms with Crippen LogP contribution in [0.5, 0.6) is 0 Å². The largest absolute Gasteiger partial charge is 0.193 e. The lowest BCUT2D eigenvalue weighted by Crippen LogP contribution is -2.54. The van der Waals surface area contributed by atoms with Crippen LogP contribution in [0, 0.1) is 11.3 Å². The van der Waals surface area contributed by atoms with Crippen LogP contribution in [0.1, 0.15) is 34.1 Å². The van der Waals surface area contributed by atoms with E-state index in [1.807, 2.05) is 27.7 Å². The molecule has 1 radical (unpaired) electrons. The fraction of sp³-hybridized carbons (Fsp3) is 0.700. The van der Waals surface area contributed by atoms with Crippen molar-refractivity contribution in [3.05, 3.63) is 11.6 Å². The molecule has 0 amide bonds. The molecule has 0 N–H and O–H groups in total. The fourth-order valence-electron chi connectivity index (χ4n) is 1.93. The summed E-state index contributed by atoms with van der Waals surface area (Å²) in [6.45, 7) is 7.40. The molecule has 0 saturated heterocycles. The van der Waals surface area contributed by atoms with Crippen molar-refractivity contribution in [2.24, 2.45) is 0 Å². The molecule has 0 fully saturated rings. The molecule has 0 bridgehead atoms. The average molecular weight is 179 g/mol. The van der Waals surface area contributed by atoms with Gasteiger partial charge >= 0.3 is 0 Å². The molecule has 3 nitrogen and oxygen atoms in total. The minimum Gasteiger partial charge on any atom is -0.193 e. The lowest BCUT2D eigenvalue weighted by Gasteiger charge is -2.44. The van der Waals surface area contributed by atoms with E-state index in [1.54, 1.807) is 6.08 Å². The zero-order valence-electron chi connectivity index (χ0n) is 8.59. The van der Waals surface area contributed by atoms with Gasteiger partial charge in [-0.05, 0) is 33.8 Å². The molecular weight excluding hydrogens is 164 g/mol. The highest BCUT2D eigenvalue weighted by molar-refractivity contribution is 5.30. The molecule has 3 heteroatoms. The van der Waals surface area contributed by atoms with Crippen LogP contribution < -0.4 is 0 Å². The molecule has 1 aliphatic rings. The number of rotatable bonds is 0. The van der Waals surface area contributed by atoms with Crippen LogP contribution in [0.2, 0.25) is 0 Å².